The van der Waals surface area contributed by atoms with Crippen LogP contribution in [0.1, 0.15) is 46.0 Å². The second-order valence-corrected chi connectivity index (χ2v) is 8.38. The molecule has 9 heteroatoms. The standard InChI is InChI=1S/C19H32N6O2S/c1-3-23(4-2)14-10-20-17(27)15-8-12-24(13-9-15)18-21-22-19(28-18)25-11-6-5-7-16(25)26/h15H,3-14H2,1-2H3,(H,20,27). The number of anilines is 2. The summed E-state index contributed by atoms with van der Waals surface area (Å²) in [5, 5.41) is 13.2. The predicted octanol–water partition coefficient (Wildman–Crippen LogP) is 1.73. The zero-order valence-electron chi connectivity index (χ0n) is 17.0. The van der Waals surface area contributed by atoms with Gasteiger partial charge in [-0.25, -0.2) is 0 Å². The van der Waals surface area contributed by atoms with Crippen LogP contribution in [0.3, 0.4) is 0 Å². The first-order valence-corrected chi connectivity index (χ1v) is 11.3. The van der Waals surface area contributed by atoms with Gasteiger partial charge < -0.3 is 15.1 Å². The van der Waals surface area contributed by atoms with Crippen LogP contribution in [0.4, 0.5) is 10.3 Å². The van der Waals surface area contributed by atoms with E-state index in [1.54, 1.807) is 4.90 Å². The van der Waals surface area contributed by atoms with Crippen molar-refractivity contribution in [1.82, 2.24) is 20.4 Å². The van der Waals surface area contributed by atoms with E-state index in [0.29, 0.717) is 18.1 Å². The SMILES string of the molecule is CCN(CC)CCNC(=O)C1CCN(c2nnc(N3CCCCC3=O)s2)CC1. The van der Waals surface area contributed by atoms with Crippen molar-refractivity contribution in [3.63, 3.8) is 0 Å². The summed E-state index contributed by atoms with van der Waals surface area (Å²) in [5.41, 5.74) is 0. The zero-order chi connectivity index (χ0) is 19.9. The Morgan fingerprint density at radius 3 is 2.54 bits per heavy atom. The molecule has 2 aliphatic heterocycles. The lowest BCUT2D eigenvalue weighted by Gasteiger charge is -2.31. The molecule has 0 saturated carbocycles. The van der Waals surface area contributed by atoms with E-state index in [4.69, 9.17) is 0 Å². The van der Waals surface area contributed by atoms with Crippen LogP contribution in [0.2, 0.25) is 0 Å². The van der Waals surface area contributed by atoms with Crippen molar-refractivity contribution in [3.05, 3.63) is 0 Å². The van der Waals surface area contributed by atoms with Gasteiger partial charge in [0, 0.05) is 45.1 Å². The van der Waals surface area contributed by atoms with Gasteiger partial charge >= 0.3 is 0 Å². The number of nitrogens with zero attached hydrogens (tertiary/aromatic N) is 5. The number of hydrogen-bond donors (Lipinski definition) is 1. The highest BCUT2D eigenvalue weighted by atomic mass is 32.1. The number of rotatable bonds is 8. The first-order chi connectivity index (χ1) is 13.6. The molecule has 0 radical (unpaired) electrons. The normalized spacial score (nSPS) is 18.8. The number of carbonyl (C=O) groups is 2. The summed E-state index contributed by atoms with van der Waals surface area (Å²) in [4.78, 5) is 30.8. The summed E-state index contributed by atoms with van der Waals surface area (Å²) >= 11 is 1.48. The Balaban J connectivity index is 1.45. The van der Waals surface area contributed by atoms with Gasteiger partial charge in [-0.05, 0) is 38.8 Å². The number of hydrogen-bond acceptors (Lipinski definition) is 7. The second kappa shape index (κ2) is 10.2. The number of nitrogens with one attached hydrogen (secondary N) is 1. The van der Waals surface area contributed by atoms with E-state index in [0.717, 1.165) is 70.1 Å². The van der Waals surface area contributed by atoms with Crippen molar-refractivity contribution in [2.75, 3.05) is 55.6 Å². The molecule has 2 aliphatic rings. The quantitative estimate of drug-likeness (QED) is 0.705. The molecule has 2 amide bonds. The summed E-state index contributed by atoms with van der Waals surface area (Å²) < 4.78 is 0. The van der Waals surface area contributed by atoms with E-state index in [9.17, 15) is 9.59 Å². The molecule has 28 heavy (non-hydrogen) atoms. The van der Waals surface area contributed by atoms with Crippen LogP contribution in [-0.2, 0) is 9.59 Å². The molecule has 0 atom stereocenters. The molecule has 8 nitrogen and oxygen atoms in total. The first-order valence-electron chi connectivity index (χ1n) is 10.5. The molecule has 0 unspecified atom stereocenters. The number of likely N-dealkylation sites (N-methyl/N-ethyl adjacent to an activating group) is 1. The van der Waals surface area contributed by atoms with E-state index in [2.05, 4.69) is 39.2 Å². The van der Waals surface area contributed by atoms with Crippen molar-refractivity contribution in [3.8, 4) is 0 Å². The van der Waals surface area contributed by atoms with Crippen LogP contribution >= 0.6 is 11.3 Å². The lowest BCUT2D eigenvalue weighted by molar-refractivity contribution is -0.125. The maximum atomic E-state index is 12.4. The average Bonchev–Trinajstić information content (AvgIpc) is 3.21. The van der Waals surface area contributed by atoms with Crippen LogP contribution in [0.15, 0.2) is 0 Å². The fourth-order valence-corrected chi connectivity index (χ4v) is 4.75. The minimum absolute atomic E-state index is 0.0732. The van der Waals surface area contributed by atoms with Crippen LogP contribution in [0.5, 0.6) is 0 Å². The lowest BCUT2D eigenvalue weighted by Crippen LogP contribution is -2.42. The lowest BCUT2D eigenvalue weighted by atomic mass is 9.96. The van der Waals surface area contributed by atoms with Gasteiger partial charge in [0.05, 0.1) is 0 Å². The van der Waals surface area contributed by atoms with Crippen molar-refractivity contribution in [2.45, 2.75) is 46.0 Å². The van der Waals surface area contributed by atoms with Crippen molar-refractivity contribution in [1.29, 1.82) is 0 Å². The molecule has 0 aliphatic carbocycles. The second-order valence-electron chi connectivity index (χ2n) is 7.45. The molecule has 3 rings (SSSR count). The molecule has 1 aromatic rings. The van der Waals surface area contributed by atoms with Crippen molar-refractivity contribution < 1.29 is 9.59 Å². The largest absolute Gasteiger partial charge is 0.355 e. The summed E-state index contributed by atoms with van der Waals surface area (Å²) in [6.07, 6.45) is 4.24. The van der Waals surface area contributed by atoms with E-state index in [1.807, 2.05) is 0 Å². The summed E-state index contributed by atoms with van der Waals surface area (Å²) in [5.74, 6) is 0.390. The highest BCUT2D eigenvalue weighted by molar-refractivity contribution is 7.19. The molecule has 3 heterocycles. The topological polar surface area (TPSA) is 81.7 Å². The predicted molar refractivity (Wildman–Crippen MR) is 112 cm³/mol. The fourth-order valence-electron chi connectivity index (χ4n) is 3.81. The number of amides is 2. The fraction of sp³-hybridized carbons (Fsp3) is 0.789. The molecule has 0 bridgehead atoms. The Kier molecular flexibility index (Phi) is 7.61. The molecule has 156 valence electrons. The van der Waals surface area contributed by atoms with Gasteiger partial charge in [0.25, 0.3) is 0 Å². The van der Waals surface area contributed by atoms with Gasteiger partial charge in [0.1, 0.15) is 0 Å². The van der Waals surface area contributed by atoms with Gasteiger partial charge in [-0.3, -0.25) is 14.5 Å². The first kappa shape index (κ1) is 21.0. The molecule has 2 saturated heterocycles. The Bertz CT molecular complexity index is 655. The van der Waals surface area contributed by atoms with Gasteiger partial charge in [-0.2, -0.15) is 0 Å². The Morgan fingerprint density at radius 1 is 1.14 bits per heavy atom. The zero-order valence-corrected chi connectivity index (χ0v) is 17.8. The third-order valence-electron chi connectivity index (χ3n) is 5.72. The number of piperidine rings is 2. The molecule has 2 fully saturated rings. The highest BCUT2D eigenvalue weighted by Crippen LogP contribution is 2.31. The monoisotopic (exact) mass is 408 g/mol. The summed E-state index contributed by atoms with van der Waals surface area (Å²) in [6.45, 7) is 10.3. The van der Waals surface area contributed by atoms with E-state index in [1.165, 1.54) is 11.3 Å². The average molecular weight is 409 g/mol. The molecule has 1 N–H and O–H groups in total. The minimum atomic E-state index is 0.0732. The molecule has 1 aromatic heterocycles. The third-order valence-corrected chi connectivity index (χ3v) is 6.72. The molecule has 0 aromatic carbocycles. The maximum absolute atomic E-state index is 12.4. The van der Waals surface area contributed by atoms with Crippen LogP contribution < -0.4 is 15.1 Å². The van der Waals surface area contributed by atoms with Crippen molar-refractivity contribution >= 4 is 33.4 Å². The van der Waals surface area contributed by atoms with E-state index >= 15 is 0 Å². The highest BCUT2D eigenvalue weighted by Gasteiger charge is 2.28. The van der Waals surface area contributed by atoms with Gasteiger partial charge in [-0.15, -0.1) is 10.2 Å². The minimum Gasteiger partial charge on any atom is -0.355 e. The summed E-state index contributed by atoms with van der Waals surface area (Å²) in [7, 11) is 0. The maximum Gasteiger partial charge on any atom is 0.228 e. The van der Waals surface area contributed by atoms with Gasteiger partial charge in [0.2, 0.25) is 22.1 Å². The van der Waals surface area contributed by atoms with Crippen molar-refractivity contribution in [2.24, 2.45) is 5.92 Å². The van der Waals surface area contributed by atoms with Crippen LogP contribution in [-0.4, -0.2) is 72.7 Å². The van der Waals surface area contributed by atoms with E-state index in [-0.39, 0.29) is 17.7 Å². The molecular formula is C19H32N6O2S. The summed E-state index contributed by atoms with van der Waals surface area (Å²) in [6, 6.07) is 0. The third kappa shape index (κ3) is 5.20. The van der Waals surface area contributed by atoms with Gasteiger partial charge in [-0.1, -0.05) is 25.2 Å². The van der Waals surface area contributed by atoms with E-state index < -0.39 is 0 Å². The number of carbonyl (C=O) groups excluding carboxylic acids is 2. The Morgan fingerprint density at radius 2 is 1.86 bits per heavy atom. The Hall–Kier alpha value is -1.74. The smallest absolute Gasteiger partial charge is 0.228 e. The molecular weight excluding hydrogens is 376 g/mol. The Labute approximate surface area is 171 Å². The van der Waals surface area contributed by atoms with Gasteiger partial charge in [0.15, 0.2) is 0 Å². The van der Waals surface area contributed by atoms with Crippen LogP contribution in [0.25, 0.3) is 0 Å². The van der Waals surface area contributed by atoms with Crippen LogP contribution in [0, 0.1) is 5.92 Å². The molecule has 0 spiro atoms. The number of aromatic nitrogens is 2.